The highest BCUT2D eigenvalue weighted by Crippen LogP contribution is 2.18. The Morgan fingerprint density at radius 3 is 0.783 bits per heavy atom. The van der Waals surface area contributed by atoms with Gasteiger partial charge in [-0.15, -0.1) is 0 Å². The molecular weight excluding hydrogens is 1020 g/mol. The first-order valence-electron chi connectivity index (χ1n) is 36.1. The molecule has 480 valence electrons. The van der Waals surface area contributed by atoms with Gasteiger partial charge in [0.15, 0.2) is 6.10 Å². The van der Waals surface area contributed by atoms with Crippen molar-refractivity contribution in [3.8, 4) is 0 Å². The number of carbonyl (C=O) groups is 3. The molecule has 0 aliphatic rings. The van der Waals surface area contributed by atoms with Crippen LogP contribution in [0.1, 0.15) is 367 Å². The van der Waals surface area contributed by atoms with Crippen molar-refractivity contribution in [3.63, 3.8) is 0 Å². The summed E-state index contributed by atoms with van der Waals surface area (Å²) in [5.74, 6) is -0.930. The standard InChI is InChI=1S/C77H136O6/c1-4-7-10-13-16-19-22-25-28-31-33-35-36-37-38-39-40-42-43-46-49-52-55-58-61-64-67-70-76(79)82-73-74(72-81-75(78)69-66-63-60-57-54-51-48-45-30-27-24-21-18-15-12-9-6-3)83-77(80)71-68-65-62-59-56-53-50-47-44-41-34-32-29-26-23-20-17-14-11-8-5-2/h9,12,18,21-22,25,27,30-31,33,48,51,57,60,74H,4-8,10-11,13-17,19-20,23-24,26,28-29,32,34-47,49-50,52-56,58-59,61-73H2,1-3H3/b12-9-,21-18-,25-22-,30-27-,33-31-,51-48-,60-57-. The van der Waals surface area contributed by atoms with Crippen LogP contribution in [0.5, 0.6) is 0 Å². The van der Waals surface area contributed by atoms with Gasteiger partial charge in [-0.25, -0.2) is 0 Å². The molecule has 0 heterocycles. The SMILES string of the molecule is CC/C=C\C/C=C\C/C=C\C/C=C\C/C=C\CCCC(=O)OCC(COC(=O)CCCCCCCCCCCCCCCCC/C=C\C/C=C\CCCCCCC)OC(=O)CCCCCCCCCCCCCCCCCCCCCCC. The van der Waals surface area contributed by atoms with Gasteiger partial charge in [0.25, 0.3) is 0 Å². The summed E-state index contributed by atoms with van der Waals surface area (Å²) in [6, 6.07) is 0. The van der Waals surface area contributed by atoms with E-state index < -0.39 is 6.10 Å². The number of unbranched alkanes of at least 4 members (excludes halogenated alkanes) is 41. The van der Waals surface area contributed by atoms with Crippen LogP contribution in [-0.4, -0.2) is 37.2 Å². The molecule has 1 unspecified atom stereocenters. The van der Waals surface area contributed by atoms with E-state index in [1.54, 1.807) is 0 Å². The van der Waals surface area contributed by atoms with Gasteiger partial charge in [-0.05, 0) is 89.9 Å². The molecule has 0 aliphatic heterocycles. The minimum atomic E-state index is -0.800. The number of hydrogen-bond donors (Lipinski definition) is 0. The molecule has 6 nitrogen and oxygen atoms in total. The van der Waals surface area contributed by atoms with Crippen molar-refractivity contribution in [1.82, 2.24) is 0 Å². The summed E-state index contributed by atoms with van der Waals surface area (Å²) in [4.78, 5) is 38.5. The van der Waals surface area contributed by atoms with E-state index in [1.807, 2.05) is 0 Å². The van der Waals surface area contributed by atoms with E-state index in [2.05, 4.69) is 106 Å². The van der Waals surface area contributed by atoms with Crippen LogP contribution in [0.4, 0.5) is 0 Å². The highest BCUT2D eigenvalue weighted by Gasteiger charge is 2.19. The molecule has 0 spiro atoms. The largest absolute Gasteiger partial charge is 0.462 e. The third-order valence-corrected chi connectivity index (χ3v) is 15.9. The van der Waals surface area contributed by atoms with Crippen molar-refractivity contribution in [3.05, 3.63) is 85.1 Å². The fourth-order valence-corrected chi connectivity index (χ4v) is 10.5. The van der Waals surface area contributed by atoms with Crippen LogP contribution in [0.2, 0.25) is 0 Å². The summed E-state index contributed by atoms with van der Waals surface area (Å²) in [7, 11) is 0. The summed E-state index contributed by atoms with van der Waals surface area (Å²) < 4.78 is 17.0. The molecule has 0 saturated heterocycles. The Labute approximate surface area is 515 Å². The fourth-order valence-electron chi connectivity index (χ4n) is 10.5. The monoisotopic (exact) mass is 1160 g/mol. The third-order valence-electron chi connectivity index (χ3n) is 15.9. The van der Waals surface area contributed by atoms with Gasteiger partial charge in [0, 0.05) is 19.3 Å². The second kappa shape index (κ2) is 71.1. The second-order valence-electron chi connectivity index (χ2n) is 24.1. The van der Waals surface area contributed by atoms with Gasteiger partial charge in [0.05, 0.1) is 0 Å². The van der Waals surface area contributed by atoms with E-state index in [-0.39, 0.29) is 37.5 Å². The minimum absolute atomic E-state index is 0.0904. The summed E-state index contributed by atoms with van der Waals surface area (Å²) >= 11 is 0. The zero-order valence-corrected chi connectivity index (χ0v) is 55.2. The lowest BCUT2D eigenvalue weighted by Gasteiger charge is -2.18. The maximum Gasteiger partial charge on any atom is 0.306 e. The second-order valence-corrected chi connectivity index (χ2v) is 24.1. The molecule has 0 rings (SSSR count). The molecule has 6 heteroatoms. The number of ether oxygens (including phenoxy) is 3. The Balaban J connectivity index is 4.34. The van der Waals surface area contributed by atoms with Crippen molar-refractivity contribution in [2.24, 2.45) is 0 Å². The van der Waals surface area contributed by atoms with Crippen molar-refractivity contribution in [2.45, 2.75) is 374 Å². The summed E-state index contributed by atoms with van der Waals surface area (Å²) in [5.41, 5.74) is 0. The molecule has 0 bridgehead atoms. The normalized spacial score (nSPS) is 12.6. The molecule has 0 saturated carbocycles. The Morgan fingerprint density at radius 1 is 0.253 bits per heavy atom. The number of allylic oxidation sites excluding steroid dienone is 14. The number of hydrogen-bond acceptors (Lipinski definition) is 6. The first kappa shape index (κ1) is 79.6. The van der Waals surface area contributed by atoms with Crippen molar-refractivity contribution < 1.29 is 28.6 Å². The average molecular weight is 1160 g/mol. The van der Waals surface area contributed by atoms with Gasteiger partial charge < -0.3 is 14.2 Å². The van der Waals surface area contributed by atoms with Crippen molar-refractivity contribution >= 4 is 17.9 Å². The summed E-state index contributed by atoms with van der Waals surface area (Å²) in [5, 5.41) is 0. The molecular formula is C77H136O6. The summed E-state index contributed by atoms with van der Waals surface area (Å²) in [6.45, 7) is 6.53. The topological polar surface area (TPSA) is 78.9 Å². The molecule has 0 N–H and O–H groups in total. The molecule has 0 aromatic rings. The lowest BCUT2D eigenvalue weighted by atomic mass is 10.0. The van der Waals surface area contributed by atoms with E-state index in [0.29, 0.717) is 19.3 Å². The highest BCUT2D eigenvalue weighted by molar-refractivity contribution is 5.71. The average Bonchev–Trinajstić information content (AvgIpc) is 3.50. The van der Waals surface area contributed by atoms with Crippen molar-refractivity contribution in [2.75, 3.05) is 13.2 Å². The van der Waals surface area contributed by atoms with Gasteiger partial charge in [-0.3, -0.25) is 14.4 Å². The van der Waals surface area contributed by atoms with Gasteiger partial charge >= 0.3 is 17.9 Å². The zero-order valence-electron chi connectivity index (χ0n) is 55.2. The van der Waals surface area contributed by atoms with Crippen LogP contribution in [0.3, 0.4) is 0 Å². The molecule has 0 radical (unpaired) electrons. The van der Waals surface area contributed by atoms with E-state index in [0.717, 1.165) is 83.5 Å². The highest BCUT2D eigenvalue weighted by atomic mass is 16.6. The van der Waals surface area contributed by atoms with Gasteiger partial charge in [0.1, 0.15) is 13.2 Å². The van der Waals surface area contributed by atoms with Crippen LogP contribution >= 0.6 is 0 Å². The first-order chi connectivity index (χ1) is 41.0. The first-order valence-corrected chi connectivity index (χ1v) is 36.1. The lowest BCUT2D eigenvalue weighted by Crippen LogP contribution is -2.30. The Morgan fingerprint density at radius 2 is 0.482 bits per heavy atom. The van der Waals surface area contributed by atoms with Gasteiger partial charge in [-0.1, -0.05) is 343 Å². The molecule has 0 aliphatic carbocycles. The minimum Gasteiger partial charge on any atom is -0.462 e. The Kier molecular flexibility index (Phi) is 68.2. The predicted molar refractivity (Wildman–Crippen MR) is 362 cm³/mol. The molecule has 0 fully saturated rings. The van der Waals surface area contributed by atoms with Crippen molar-refractivity contribution in [1.29, 1.82) is 0 Å². The smallest absolute Gasteiger partial charge is 0.306 e. The van der Waals surface area contributed by atoms with Crippen LogP contribution < -0.4 is 0 Å². The molecule has 0 aromatic carbocycles. The third kappa shape index (κ3) is 69.3. The Bertz CT molecular complexity index is 1570. The maximum atomic E-state index is 13.0. The van der Waals surface area contributed by atoms with Crippen LogP contribution in [0.15, 0.2) is 85.1 Å². The van der Waals surface area contributed by atoms with Crippen LogP contribution in [-0.2, 0) is 28.6 Å². The maximum absolute atomic E-state index is 13.0. The van der Waals surface area contributed by atoms with E-state index in [1.165, 1.54) is 238 Å². The number of rotatable bonds is 66. The van der Waals surface area contributed by atoms with E-state index >= 15 is 0 Å². The molecule has 83 heavy (non-hydrogen) atoms. The molecule has 1 atom stereocenters. The number of esters is 3. The van der Waals surface area contributed by atoms with Crippen LogP contribution in [0, 0.1) is 0 Å². The number of carbonyl (C=O) groups excluding carboxylic acids is 3. The summed E-state index contributed by atoms with van der Waals surface area (Å²) in [6.07, 6.45) is 94.8. The Hall–Kier alpha value is -3.41. The van der Waals surface area contributed by atoms with Crippen LogP contribution in [0.25, 0.3) is 0 Å². The molecule has 0 amide bonds. The quantitative estimate of drug-likeness (QED) is 0.0261. The van der Waals surface area contributed by atoms with E-state index in [9.17, 15) is 14.4 Å². The molecule has 0 aromatic heterocycles. The van der Waals surface area contributed by atoms with Gasteiger partial charge in [-0.2, -0.15) is 0 Å². The fraction of sp³-hybridized carbons (Fsp3) is 0.779. The zero-order chi connectivity index (χ0) is 59.9. The predicted octanol–water partition coefficient (Wildman–Crippen LogP) is 25.0. The van der Waals surface area contributed by atoms with E-state index in [4.69, 9.17) is 14.2 Å². The van der Waals surface area contributed by atoms with Gasteiger partial charge in [0.2, 0.25) is 0 Å². The lowest BCUT2D eigenvalue weighted by molar-refractivity contribution is -0.167.